The molecule has 0 aromatic rings. The summed E-state index contributed by atoms with van der Waals surface area (Å²) in [5.74, 6) is 0.434. The lowest BCUT2D eigenvalue weighted by Gasteiger charge is -2.28. The molecule has 0 aliphatic carbocycles. The van der Waals surface area contributed by atoms with Crippen LogP contribution in [0, 0.1) is 0 Å². The number of aliphatic hydroxyl groups excluding tert-OH is 2. The number of aliphatic hydroxyl groups is 2. The van der Waals surface area contributed by atoms with Crippen LogP contribution < -0.4 is 10.6 Å². The van der Waals surface area contributed by atoms with Crippen LogP contribution in [0.2, 0.25) is 0 Å². The Labute approximate surface area is 173 Å². The molecule has 0 saturated heterocycles. The van der Waals surface area contributed by atoms with Crippen molar-refractivity contribution in [3.8, 4) is 0 Å². The van der Waals surface area contributed by atoms with Gasteiger partial charge in [-0.15, -0.1) is 11.8 Å². The Morgan fingerprint density at radius 2 is 1.50 bits per heavy atom. The van der Waals surface area contributed by atoms with Gasteiger partial charge in [0.1, 0.15) is 0 Å². The van der Waals surface area contributed by atoms with Crippen LogP contribution in [0.1, 0.15) is 47.5 Å². The number of hydrogen-bond acceptors (Lipinski definition) is 7. The van der Waals surface area contributed by atoms with Gasteiger partial charge in [-0.1, -0.05) is 0 Å². The molecule has 0 rings (SSSR count). The average Bonchev–Trinajstić information content (AvgIpc) is 2.58. The van der Waals surface area contributed by atoms with E-state index in [9.17, 15) is 14.7 Å². The first-order chi connectivity index (χ1) is 13.0. The maximum atomic E-state index is 11.7. The number of carbonyl (C=O) groups excluding carboxylic acids is 2. The molecule has 0 aliphatic rings. The molecule has 0 fully saturated rings. The SMILES string of the molecule is CC(=O)NCCC(C)(C)OCCOC(C)(C)CCNC(=O)CSCC(O)CO. The molecule has 1 atom stereocenters. The quantitative estimate of drug-likeness (QED) is 0.270. The number of amides is 2. The lowest BCUT2D eigenvalue weighted by atomic mass is 10.1. The van der Waals surface area contributed by atoms with Gasteiger partial charge < -0.3 is 30.3 Å². The fourth-order valence-corrected chi connectivity index (χ4v) is 3.00. The lowest BCUT2D eigenvalue weighted by molar-refractivity contribution is -0.120. The second kappa shape index (κ2) is 14.2. The van der Waals surface area contributed by atoms with Crippen molar-refractivity contribution >= 4 is 23.6 Å². The summed E-state index contributed by atoms with van der Waals surface area (Å²) in [7, 11) is 0. The van der Waals surface area contributed by atoms with Crippen molar-refractivity contribution in [1.82, 2.24) is 10.6 Å². The van der Waals surface area contributed by atoms with Crippen molar-refractivity contribution in [2.24, 2.45) is 0 Å². The van der Waals surface area contributed by atoms with Gasteiger partial charge in [0, 0.05) is 25.8 Å². The number of nitrogens with one attached hydrogen (secondary N) is 2. The van der Waals surface area contributed by atoms with Crippen LogP contribution in [0.15, 0.2) is 0 Å². The second-order valence-electron chi connectivity index (χ2n) is 7.90. The topological polar surface area (TPSA) is 117 Å². The maximum Gasteiger partial charge on any atom is 0.229 e. The van der Waals surface area contributed by atoms with Gasteiger partial charge >= 0.3 is 0 Å². The second-order valence-corrected chi connectivity index (χ2v) is 8.93. The van der Waals surface area contributed by atoms with Crippen LogP contribution in [0.4, 0.5) is 0 Å². The Bertz CT molecular complexity index is 460. The zero-order valence-corrected chi connectivity index (χ0v) is 18.7. The van der Waals surface area contributed by atoms with Crippen LogP contribution in [0.3, 0.4) is 0 Å². The molecule has 8 nitrogen and oxygen atoms in total. The molecule has 2 amide bonds. The summed E-state index contributed by atoms with van der Waals surface area (Å²) < 4.78 is 11.7. The molecule has 0 aliphatic heterocycles. The van der Waals surface area contributed by atoms with Crippen molar-refractivity contribution in [2.75, 3.05) is 44.4 Å². The molecule has 166 valence electrons. The molecule has 0 saturated carbocycles. The molecule has 9 heteroatoms. The summed E-state index contributed by atoms with van der Waals surface area (Å²) in [4.78, 5) is 22.6. The normalized spacial score (nSPS) is 13.2. The molecular weight excluding hydrogens is 384 g/mol. The third-order valence-electron chi connectivity index (χ3n) is 3.97. The number of rotatable bonds is 16. The summed E-state index contributed by atoms with van der Waals surface area (Å²) in [5, 5.41) is 23.5. The largest absolute Gasteiger partial charge is 0.394 e. The standard InChI is InChI=1S/C19H38N2O6S/c1-15(23)20-8-6-18(2,3)26-10-11-27-19(4,5)7-9-21-17(25)14-28-13-16(24)12-22/h16,22,24H,6-14H2,1-5H3,(H,20,23)(H,21,25). The first kappa shape index (κ1) is 27.1. The van der Waals surface area contributed by atoms with Gasteiger partial charge in [0.15, 0.2) is 0 Å². The van der Waals surface area contributed by atoms with Crippen LogP contribution in [-0.2, 0) is 19.1 Å². The van der Waals surface area contributed by atoms with Crippen molar-refractivity contribution in [2.45, 2.75) is 64.8 Å². The Hall–Kier alpha value is -0.870. The number of hydrogen-bond donors (Lipinski definition) is 4. The van der Waals surface area contributed by atoms with Gasteiger partial charge in [-0.2, -0.15) is 0 Å². The summed E-state index contributed by atoms with van der Waals surface area (Å²) >= 11 is 1.29. The Kier molecular flexibility index (Phi) is 13.7. The van der Waals surface area contributed by atoms with Gasteiger partial charge in [-0.25, -0.2) is 0 Å². The third-order valence-corrected chi connectivity index (χ3v) is 5.06. The van der Waals surface area contributed by atoms with Crippen molar-refractivity contribution in [3.05, 3.63) is 0 Å². The highest BCUT2D eigenvalue weighted by atomic mass is 32.2. The zero-order chi connectivity index (χ0) is 21.6. The lowest BCUT2D eigenvalue weighted by Crippen LogP contribution is -2.36. The Morgan fingerprint density at radius 3 is 1.96 bits per heavy atom. The number of carbonyl (C=O) groups is 2. The van der Waals surface area contributed by atoms with E-state index in [4.69, 9.17) is 14.6 Å². The third kappa shape index (κ3) is 16.1. The average molecular weight is 423 g/mol. The summed E-state index contributed by atoms with van der Waals surface area (Å²) in [6, 6.07) is 0. The fourth-order valence-electron chi connectivity index (χ4n) is 2.21. The smallest absolute Gasteiger partial charge is 0.229 e. The predicted molar refractivity (Wildman–Crippen MR) is 111 cm³/mol. The van der Waals surface area contributed by atoms with Crippen molar-refractivity contribution in [1.29, 1.82) is 0 Å². The van der Waals surface area contributed by atoms with E-state index >= 15 is 0 Å². The predicted octanol–water partition coefficient (Wildman–Crippen LogP) is 0.696. The maximum absolute atomic E-state index is 11.7. The zero-order valence-electron chi connectivity index (χ0n) is 17.9. The summed E-state index contributed by atoms with van der Waals surface area (Å²) in [5.41, 5.74) is -0.734. The number of ether oxygens (including phenoxy) is 2. The molecule has 1 unspecified atom stereocenters. The van der Waals surface area contributed by atoms with E-state index in [1.54, 1.807) is 0 Å². The summed E-state index contributed by atoms with van der Waals surface area (Å²) in [6.45, 7) is 11.1. The minimum atomic E-state index is -0.789. The monoisotopic (exact) mass is 422 g/mol. The molecule has 0 bridgehead atoms. The molecule has 0 radical (unpaired) electrons. The first-order valence-corrected chi connectivity index (χ1v) is 10.8. The van der Waals surface area contributed by atoms with Gasteiger partial charge in [0.05, 0.1) is 42.9 Å². The van der Waals surface area contributed by atoms with Crippen LogP contribution in [0.5, 0.6) is 0 Å². The van der Waals surface area contributed by atoms with Crippen LogP contribution in [0.25, 0.3) is 0 Å². The van der Waals surface area contributed by atoms with Gasteiger partial charge in [0.25, 0.3) is 0 Å². The molecule has 4 N–H and O–H groups in total. The van der Waals surface area contributed by atoms with Crippen molar-refractivity contribution < 1.29 is 29.3 Å². The summed E-state index contributed by atoms with van der Waals surface area (Å²) in [6.07, 6.45) is 0.590. The van der Waals surface area contributed by atoms with Crippen LogP contribution in [-0.4, -0.2) is 83.7 Å². The van der Waals surface area contributed by atoms with Gasteiger partial charge in [-0.05, 0) is 40.5 Å². The molecular formula is C19H38N2O6S. The van der Waals surface area contributed by atoms with E-state index in [0.717, 1.165) is 6.42 Å². The minimum Gasteiger partial charge on any atom is -0.394 e. The van der Waals surface area contributed by atoms with E-state index in [1.165, 1.54) is 18.7 Å². The van der Waals surface area contributed by atoms with E-state index in [2.05, 4.69) is 10.6 Å². The Morgan fingerprint density at radius 1 is 1.00 bits per heavy atom. The highest BCUT2D eigenvalue weighted by Crippen LogP contribution is 2.16. The molecule has 0 spiro atoms. The van der Waals surface area contributed by atoms with Gasteiger partial charge in [0.2, 0.25) is 11.8 Å². The molecule has 0 aromatic carbocycles. The molecule has 0 aromatic heterocycles. The van der Waals surface area contributed by atoms with Crippen molar-refractivity contribution in [3.63, 3.8) is 0 Å². The highest BCUT2D eigenvalue weighted by Gasteiger charge is 2.21. The van der Waals surface area contributed by atoms with Gasteiger partial charge in [-0.3, -0.25) is 9.59 Å². The first-order valence-electron chi connectivity index (χ1n) is 9.63. The van der Waals surface area contributed by atoms with E-state index in [1.807, 2.05) is 27.7 Å². The van der Waals surface area contributed by atoms with E-state index in [-0.39, 0.29) is 29.8 Å². The minimum absolute atomic E-state index is 0.0469. The molecule has 0 heterocycles. The Balaban J connectivity index is 3.87. The van der Waals surface area contributed by atoms with Crippen LogP contribution >= 0.6 is 11.8 Å². The van der Waals surface area contributed by atoms with E-state index in [0.29, 0.717) is 38.5 Å². The fraction of sp³-hybridized carbons (Fsp3) is 0.895. The van der Waals surface area contributed by atoms with E-state index < -0.39 is 11.7 Å². The highest BCUT2D eigenvalue weighted by molar-refractivity contribution is 7.99. The molecule has 28 heavy (non-hydrogen) atoms. The number of thioether (sulfide) groups is 1.